The van der Waals surface area contributed by atoms with Gasteiger partial charge in [-0.15, -0.1) is 0 Å². The Labute approximate surface area is 136 Å². The van der Waals surface area contributed by atoms with Crippen molar-refractivity contribution < 1.29 is 9.69 Å². The number of hydrogen-bond donors (Lipinski definition) is 2. The molecule has 1 aromatic carbocycles. The maximum Gasteiger partial charge on any atom is 0.275 e. The molecule has 1 fully saturated rings. The minimum atomic E-state index is 0.179. The van der Waals surface area contributed by atoms with Crippen molar-refractivity contribution in [2.75, 3.05) is 13.6 Å². The van der Waals surface area contributed by atoms with Crippen LogP contribution in [0.4, 0.5) is 0 Å². The second-order valence-corrected chi connectivity index (χ2v) is 7.19. The van der Waals surface area contributed by atoms with E-state index >= 15 is 0 Å². The number of likely N-dealkylation sites (N-methyl/N-ethyl adjacent to an activating group) is 1. The summed E-state index contributed by atoms with van der Waals surface area (Å²) in [5.41, 5.74) is 1.24. The van der Waals surface area contributed by atoms with Crippen molar-refractivity contribution in [2.45, 2.75) is 45.2 Å². The molecule has 1 saturated carbocycles. The Hall–Kier alpha value is -0.870. The average Bonchev–Trinajstić information content (AvgIpc) is 2.44. The summed E-state index contributed by atoms with van der Waals surface area (Å²) in [4.78, 5) is 13.4. The quantitative estimate of drug-likeness (QED) is 0.835. The molecule has 0 radical (unpaired) electrons. The molecule has 1 aliphatic carbocycles. The van der Waals surface area contributed by atoms with Crippen molar-refractivity contribution in [1.29, 1.82) is 0 Å². The number of carbonyl (C=O) groups is 1. The van der Waals surface area contributed by atoms with Crippen LogP contribution >= 0.6 is 15.9 Å². The van der Waals surface area contributed by atoms with Crippen molar-refractivity contribution in [3.8, 4) is 0 Å². The minimum absolute atomic E-state index is 0.179. The zero-order valence-electron chi connectivity index (χ0n) is 13.0. The molecule has 0 heterocycles. The van der Waals surface area contributed by atoms with Crippen LogP contribution in [0, 0.1) is 5.92 Å². The van der Waals surface area contributed by atoms with Gasteiger partial charge in [-0.3, -0.25) is 4.79 Å². The highest BCUT2D eigenvalue weighted by molar-refractivity contribution is 9.10. The highest BCUT2D eigenvalue weighted by Gasteiger charge is 2.23. The first kappa shape index (κ1) is 16.5. The lowest BCUT2D eigenvalue weighted by molar-refractivity contribution is -0.885. The van der Waals surface area contributed by atoms with Crippen LogP contribution in [-0.4, -0.2) is 25.5 Å². The monoisotopic (exact) mass is 353 g/mol. The van der Waals surface area contributed by atoms with Gasteiger partial charge in [-0.1, -0.05) is 53.9 Å². The van der Waals surface area contributed by atoms with Gasteiger partial charge in [0.15, 0.2) is 6.54 Å². The molecule has 1 amide bonds. The van der Waals surface area contributed by atoms with Crippen LogP contribution in [0.1, 0.15) is 38.2 Å². The molecule has 1 aliphatic rings. The molecule has 2 N–H and O–H groups in total. The molecular weight excluding hydrogens is 328 g/mol. The summed E-state index contributed by atoms with van der Waals surface area (Å²) in [6.07, 6.45) is 4.93. The lowest BCUT2D eigenvalue weighted by Crippen LogP contribution is -3.09. The Morgan fingerprint density at radius 1 is 1.33 bits per heavy atom. The summed E-state index contributed by atoms with van der Waals surface area (Å²) in [6.45, 7) is 3.64. The third kappa shape index (κ3) is 5.11. The predicted molar refractivity (Wildman–Crippen MR) is 89.2 cm³/mol. The summed E-state index contributed by atoms with van der Waals surface area (Å²) < 4.78 is 1.12. The van der Waals surface area contributed by atoms with Gasteiger partial charge >= 0.3 is 0 Å². The van der Waals surface area contributed by atoms with E-state index in [1.54, 1.807) is 0 Å². The molecule has 2 rings (SSSR count). The largest absolute Gasteiger partial charge is 0.348 e. The van der Waals surface area contributed by atoms with Crippen LogP contribution in [0.3, 0.4) is 0 Å². The number of hydrogen-bond acceptors (Lipinski definition) is 1. The highest BCUT2D eigenvalue weighted by atomic mass is 79.9. The molecule has 0 spiro atoms. The Balaban J connectivity index is 1.80. The molecule has 3 nitrogen and oxygen atoms in total. The second kappa shape index (κ2) is 7.95. The van der Waals surface area contributed by atoms with E-state index in [2.05, 4.69) is 41.3 Å². The number of nitrogens with one attached hydrogen (secondary N) is 2. The van der Waals surface area contributed by atoms with Gasteiger partial charge in [0.25, 0.3) is 5.91 Å². The van der Waals surface area contributed by atoms with Gasteiger partial charge in [-0.25, -0.2) is 0 Å². The maximum atomic E-state index is 12.2. The lowest BCUT2D eigenvalue weighted by atomic mass is 9.86. The number of carbonyl (C=O) groups excluding carboxylic acids is 1. The van der Waals surface area contributed by atoms with E-state index in [0.29, 0.717) is 18.5 Å². The normalized spacial score (nSPS) is 23.6. The number of halogens is 1. The molecule has 3 atom stereocenters. The van der Waals surface area contributed by atoms with E-state index in [1.165, 1.54) is 29.7 Å². The number of benzene rings is 1. The summed E-state index contributed by atoms with van der Waals surface area (Å²) in [5, 5.41) is 3.23. The molecule has 0 saturated heterocycles. The summed E-state index contributed by atoms with van der Waals surface area (Å²) in [6, 6.07) is 8.58. The summed E-state index contributed by atoms with van der Waals surface area (Å²) in [7, 11) is 2.07. The van der Waals surface area contributed by atoms with Gasteiger partial charge in [-0.05, 0) is 24.8 Å². The molecule has 116 valence electrons. The molecule has 21 heavy (non-hydrogen) atoms. The van der Waals surface area contributed by atoms with Crippen LogP contribution in [0.2, 0.25) is 0 Å². The van der Waals surface area contributed by atoms with Crippen molar-refractivity contribution in [1.82, 2.24) is 5.32 Å². The maximum absolute atomic E-state index is 12.2. The van der Waals surface area contributed by atoms with E-state index < -0.39 is 0 Å². The van der Waals surface area contributed by atoms with Crippen molar-refractivity contribution >= 4 is 21.8 Å². The third-order valence-electron chi connectivity index (χ3n) is 4.37. The first-order valence-electron chi connectivity index (χ1n) is 7.90. The van der Waals surface area contributed by atoms with Crippen molar-refractivity contribution in [2.24, 2.45) is 5.92 Å². The van der Waals surface area contributed by atoms with Crippen LogP contribution < -0.4 is 10.2 Å². The second-order valence-electron chi connectivity index (χ2n) is 6.34. The van der Waals surface area contributed by atoms with Crippen LogP contribution in [-0.2, 0) is 11.3 Å². The fourth-order valence-electron chi connectivity index (χ4n) is 3.09. The zero-order valence-corrected chi connectivity index (χ0v) is 14.6. The van der Waals surface area contributed by atoms with Crippen LogP contribution in [0.15, 0.2) is 28.7 Å². The van der Waals surface area contributed by atoms with Gasteiger partial charge in [0.1, 0.15) is 6.54 Å². The molecule has 0 aliphatic heterocycles. The van der Waals surface area contributed by atoms with Crippen molar-refractivity contribution in [3.63, 3.8) is 0 Å². The van der Waals surface area contributed by atoms with E-state index in [9.17, 15) is 4.79 Å². The Kier molecular flexibility index (Phi) is 6.24. The van der Waals surface area contributed by atoms with E-state index in [-0.39, 0.29) is 5.91 Å². The number of rotatable bonds is 5. The van der Waals surface area contributed by atoms with Crippen LogP contribution in [0.5, 0.6) is 0 Å². The van der Waals surface area contributed by atoms with Crippen molar-refractivity contribution in [3.05, 3.63) is 34.3 Å². The first-order valence-corrected chi connectivity index (χ1v) is 8.69. The van der Waals surface area contributed by atoms with E-state index in [4.69, 9.17) is 0 Å². The van der Waals surface area contributed by atoms with Gasteiger partial charge in [0.05, 0.1) is 7.05 Å². The Morgan fingerprint density at radius 2 is 2.05 bits per heavy atom. The predicted octanol–water partition coefficient (Wildman–Crippen LogP) is 2.16. The minimum Gasteiger partial charge on any atom is -0.348 e. The van der Waals surface area contributed by atoms with Crippen LogP contribution in [0.25, 0.3) is 0 Å². The average molecular weight is 354 g/mol. The van der Waals surface area contributed by atoms with Gasteiger partial charge in [-0.2, -0.15) is 0 Å². The van der Waals surface area contributed by atoms with Gasteiger partial charge < -0.3 is 10.2 Å². The Morgan fingerprint density at radius 3 is 2.76 bits per heavy atom. The lowest BCUT2D eigenvalue weighted by Gasteiger charge is -2.29. The van der Waals surface area contributed by atoms with E-state index in [0.717, 1.165) is 17.4 Å². The summed E-state index contributed by atoms with van der Waals surface area (Å²) in [5.74, 6) is 0.796. The molecular formula is C17H26BrN2O+. The van der Waals surface area contributed by atoms with E-state index in [1.807, 2.05) is 18.2 Å². The SMILES string of the molecule is C[C@H]1CCCC[C@H]1NC(=O)C[NH+](C)Cc1ccccc1Br. The molecule has 1 unspecified atom stereocenters. The molecule has 1 aromatic rings. The highest BCUT2D eigenvalue weighted by Crippen LogP contribution is 2.23. The standard InChI is InChI=1S/C17H25BrN2O/c1-13-7-3-6-10-16(13)19-17(21)12-20(2)11-14-8-4-5-9-15(14)18/h4-5,8-9,13,16H,3,6-7,10-12H2,1-2H3,(H,19,21)/p+1/t13-,16+/m0/s1. The topological polar surface area (TPSA) is 33.5 Å². The fraction of sp³-hybridized carbons (Fsp3) is 0.588. The molecule has 0 bridgehead atoms. The van der Waals surface area contributed by atoms with Gasteiger partial charge in [0.2, 0.25) is 0 Å². The zero-order chi connectivity index (χ0) is 15.2. The van der Waals surface area contributed by atoms with Gasteiger partial charge in [0, 0.05) is 16.1 Å². The molecule has 0 aromatic heterocycles. The number of quaternary nitrogens is 1. The summed E-state index contributed by atoms with van der Waals surface area (Å²) >= 11 is 3.56. The smallest absolute Gasteiger partial charge is 0.275 e. The first-order chi connectivity index (χ1) is 10.1. The number of amides is 1. The Bertz CT molecular complexity index is 478. The fourth-order valence-corrected chi connectivity index (χ4v) is 3.52. The third-order valence-corrected chi connectivity index (χ3v) is 5.14. The molecule has 4 heteroatoms.